The highest BCUT2D eigenvalue weighted by molar-refractivity contribution is 4.98. The SMILES string of the molecule is CCC1CCC(C#N)C(N2CCCC(O)C2)C1. The van der Waals surface area contributed by atoms with Crippen molar-refractivity contribution in [2.24, 2.45) is 11.8 Å². The second-order valence-corrected chi connectivity index (χ2v) is 5.68. The second kappa shape index (κ2) is 5.84. The van der Waals surface area contributed by atoms with Crippen LogP contribution in [-0.4, -0.2) is 35.2 Å². The molecule has 2 fully saturated rings. The Balaban J connectivity index is 2.01. The molecule has 1 heterocycles. The van der Waals surface area contributed by atoms with Crippen LogP contribution < -0.4 is 0 Å². The van der Waals surface area contributed by atoms with Gasteiger partial charge in [0.25, 0.3) is 0 Å². The summed E-state index contributed by atoms with van der Waals surface area (Å²) >= 11 is 0. The van der Waals surface area contributed by atoms with E-state index in [1.165, 1.54) is 12.8 Å². The average Bonchev–Trinajstić information content (AvgIpc) is 2.38. The minimum Gasteiger partial charge on any atom is -0.392 e. The minimum absolute atomic E-state index is 0.176. The number of aliphatic hydroxyl groups excluding tert-OH is 1. The first-order valence-corrected chi connectivity index (χ1v) is 7.06. The van der Waals surface area contributed by atoms with Gasteiger partial charge in [0.05, 0.1) is 18.1 Å². The van der Waals surface area contributed by atoms with E-state index in [1.54, 1.807) is 0 Å². The van der Waals surface area contributed by atoms with Gasteiger partial charge in [0, 0.05) is 12.6 Å². The lowest BCUT2D eigenvalue weighted by Crippen LogP contribution is -2.49. The molecular formula is C14H24N2O. The fourth-order valence-corrected chi connectivity index (χ4v) is 3.44. The summed E-state index contributed by atoms with van der Waals surface area (Å²) in [6.07, 6.45) is 6.47. The molecule has 2 aliphatic rings. The highest BCUT2D eigenvalue weighted by atomic mass is 16.3. The van der Waals surface area contributed by atoms with Gasteiger partial charge in [-0.25, -0.2) is 0 Å². The maximum absolute atomic E-state index is 9.77. The molecule has 0 amide bonds. The number of piperidine rings is 1. The zero-order chi connectivity index (χ0) is 12.3. The van der Waals surface area contributed by atoms with E-state index in [2.05, 4.69) is 17.9 Å². The molecule has 4 unspecified atom stereocenters. The van der Waals surface area contributed by atoms with Crippen LogP contribution in [0.25, 0.3) is 0 Å². The molecule has 0 bridgehead atoms. The molecule has 0 aromatic rings. The van der Waals surface area contributed by atoms with Gasteiger partial charge in [-0.3, -0.25) is 4.90 Å². The zero-order valence-corrected chi connectivity index (χ0v) is 10.8. The molecule has 3 heteroatoms. The second-order valence-electron chi connectivity index (χ2n) is 5.68. The fourth-order valence-electron chi connectivity index (χ4n) is 3.44. The summed E-state index contributed by atoms with van der Waals surface area (Å²) in [5, 5.41) is 19.0. The number of β-amino-alcohol motifs (C(OH)–C–C–N with tert-alkyl or cyclic N) is 1. The number of hydrogen-bond acceptors (Lipinski definition) is 3. The molecule has 0 radical (unpaired) electrons. The summed E-state index contributed by atoms with van der Waals surface area (Å²) in [5.41, 5.74) is 0. The zero-order valence-electron chi connectivity index (χ0n) is 10.8. The van der Waals surface area contributed by atoms with Crippen molar-refractivity contribution in [3.05, 3.63) is 0 Å². The van der Waals surface area contributed by atoms with Crippen molar-refractivity contribution in [1.82, 2.24) is 4.90 Å². The third kappa shape index (κ3) is 3.00. The van der Waals surface area contributed by atoms with Crippen LogP contribution in [0.15, 0.2) is 0 Å². The normalized spacial score (nSPS) is 39.8. The van der Waals surface area contributed by atoms with Gasteiger partial charge in [-0.15, -0.1) is 0 Å². The lowest BCUT2D eigenvalue weighted by Gasteiger charge is -2.42. The molecule has 0 spiro atoms. The van der Waals surface area contributed by atoms with Crippen molar-refractivity contribution >= 4 is 0 Å². The monoisotopic (exact) mass is 236 g/mol. The number of nitrogens with zero attached hydrogens (tertiary/aromatic N) is 2. The molecule has 1 aliphatic carbocycles. The summed E-state index contributed by atoms with van der Waals surface area (Å²) in [6, 6.07) is 2.88. The predicted octanol–water partition coefficient (Wildman–Crippen LogP) is 2.16. The first-order valence-electron chi connectivity index (χ1n) is 7.06. The Morgan fingerprint density at radius 2 is 2.18 bits per heavy atom. The smallest absolute Gasteiger partial charge is 0.0672 e. The van der Waals surface area contributed by atoms with E-state index >= 15 is 0 Å². The highest BCUT2D eigenvalue weighted by Crippen LogP contribution is 2.34. The Bertz CT molecular complexity index is 286. The van der Waals surface area contributed by atoms with Gasteiger partial charge in [-0.1, -0.05) is 13.3 Å². The average molecular weight is 236 g/mol. The third-order valence-electron chi connectivity index (χ3n) is 4.57. The van der Waals surface area contributed by atoms with Gasteiger partial charge < -0.3 is 5.11 Å². The molecule has 1 N–H and O–H groups in total. The molecule has 2 rings (SSSR count). The number of aliphatic hydroxyl groups is 1. The van der Waals surface area contributed by atoms with Crippen LogP contribution in [0.5, 0.6) is 0 Å². The van der Waals surface area contributed by atoms with Crippen LogP contribution in [0.3, 0.4) is 0 Å². The molecular weight excluding hydrogens is 212 g/mol. The van der Waals surface area contributed by atoms with E-state index in [0.29, 0.717) is 6.04 Å². The predicted molar refractivity (Wildman–Crippen MR) is 67.3 cm³/mol. The van der Waals surface area contributed by atoms with Crippen LogP contribution in [0.4, 0.5) is 0 Å². The van der Waals surface area contributed by atoms with Crippen molar-refractivity contribution in [3.8, 4) is 6.07 Å². The fraction of sp³-hybridized carbons (Fsp3) is 0.929. The Hall–Kier alpha value is -0.590. The quantitative estimate of drug-likeness (QED) is 0.799. The topological polar surface area (TPSA) is 47.3 Å². The maximum atomic E-state index is 9.77. The van der Waals surface area contributed by atoms with Gasteiger partial charge in [0.15, 0.2) is 0 Å². The van der Waals surface area contributed by atoms with Gasteiger partial charge in [0.1, 0.15) is 0 Å². The summed E-state index contributed by atoms with van der Waals surface area (Å²) in [7, 11) is 0. The van der Waals surface area contributed by atoms with Crippen molar-refractivity contribution in [2.45, 2.75) is 57.6 Å². The molecule has 0 aromatic heterocycles. The molecule has 96 valence electrons. The van der Waals surface area contributed by atoms with Crippen LogP contribution in [0.1, 0.15) is 45.4 Å². The lowest BCUT2D eigenvalue weighted by molar-refractivity contribution is 0.0164. The van der Waals surface area contributed by atoms with Crippen LogP contribution >= 0.6 is 0 Å². The molecule has 3 nitrogen and oxygen atoms in total. The Morgan fingerprint density at radius 1 is 1.35 bits per heavy atom. The van der Waals surface area contributed by atoms with Crippen molar-refractivity contribution in [2.75, 3.05) is 13.1 Å². The van der Waals surface area contributed by atoms with E-state index in [-0.39, 0.29) is 12.0 Å². The van der Waals surface area contributed by atoms with Gasteiger partial charge in [0.2, 0.25) is 0 Å². The molecule has 1 aliphatic heterocycles. The summed E-state index contributed by atoms with van der Waals surface area (Å²) < 4.78 is 0. The van der Waals surface area contributed by atoms with E-state index in [4.69, 9.17) is 0 Å². The molecule has 1 saturated carbocycles. The van der Waals surface area contributed by atoms with Crippen LogP contribution in [0, 0.1) is 23.2 Å². The van der Waals surface area contributed by atoms with Crippen LogP contribution in [0.2, 0.25) is 0 Å². The van der Waals surface area contributed by atoms with E-state index < -0.39 is 0 Å². The molecule has 1 saturated heterocycles. The lowest BCUT2D eigenvalue weighted by atomic mass is 9.76. The first kappa shape index (κ1) is 12.9. The maximum Gasteiger partial charge on any atom is 0.0672 e. The largest absolute Gasteiger partial charge is 0.392 e. The highest BCUT2D eigenvalue weighted by Gasteiger charge is 2.35. The Morgan fingerprint density at radius 3 is 2.82 bits per heavy atom. The Kier molecular flexibility index (Phi) is 4.42. The standard InChI is InChI=1S/C14H24N2O/c1-2-11-5-6-12(9-15)14(8-11)16-7-3-4-13(17)10-16/h11-14,17H,2-8,10H2,1H3. The van der Waals surface area contributed by atoms with Gasteiger partial charge in [-0.2, -0.15) is 5.26 Å². The number of rotatable bonds is 2. The Labute approximate surface area is 104 Å². The summed E-state index contributed by atoms with van der Waals surface area (Å²) in [4.78, 5) is 2.38. The van der Waals surface area contributed by atoms with Gasteiger partial charge >= 0.3 is 0 Å². The molecule has 4 atom stereocenters. The number of likely N-dealkylation sites (tertiary alicyclic amines) is 1. The minimum atomic E-state index is -0.176. The van der Waals surface area contributed by atoms with Crippen molar-refractivity contribution in [3.63, 3.8) is 0 Å². The molecule has 17 heavy (non-hydrogen) atoms. The van der Waals surface area contributed by atoms with Crippen LogP contribution in [-0.2, 0) is 0 Å². The van der Waals surface area contributed by atoms with E-state index in [1.807, 2.05) is 0 Å². The summed E-state index contributed by atoms with van der Waals surface area (Å²) in [6.45, 7) is 4.09. The third-order valence-corrected chi connectivity index (χ3v) is 4.57. The number of hydrogen-bond donors (Lipinski definition) is 1. The van der Waals surface area contributed by atoms with Crippen molar-refractivity contribution in [1.29, 1.82) is 5.26 Å². The van der Waals surface area contributed by atoms with Gasteiger partial charge in [-0.05, 0) is 44.6 Å². The van der Waals surface area contributed by atoms with E-state index in [9.17, 15) is 10.4 Å². The first-order chi connectivity index (χ1) is 8.24. The molecule has 0 aromatic carbocycles. The van der Waals surface area contributed by atoms with E-state index in [0.717, 1.165) is 44.7 Å². The number of nitriles is 1. The summed E-state index contributed by atoms with van der Waals surface area (Å²) in [5.74, 6) is 0.965. The van der Waals surface area contributed by atoms with Crippen molar-refractivity contribution < 1.29 is 5.11 Å².